The molecule has 31 heavy (non-hydrogen) atoms. The summed E-state index contributed by atoms with van der Waals surface area (Å²) in [7, 11) is 0. The number of imidazole rings is 1. The van der Waals surface area contributed by atoms with Gasteiger partial charge in [0.2, 0.25) is 6.71 Å². The summed E-state index contributed by atoms with van der Waals surface area (Å²) >= 11 is 0. The van der Waals surface area contributed by atoms with Crippen LogP contribution in [0.4, 0.5) is 0 Å². The summed E-state index contributed by atoms with van der Waals surface area (Å²) < 4.78 is 1.64. The molecule has 2 aromatic carbocycles. The van der Waals surface area contributed by atoms with Crippen molar-refractivity contribution in [1.82, 2.24) is 9.71 Å². The highest BCUT2D eigenvalue weighted by Gasteiger charge is 2.29. The largest absolute Gasteiger partial charge is 0.413 e. The quantitative estimate of drug-likeness (QED) is 0.364. The summed E-state index contributed by atoms with van der Waals surface area (Å²) in [5, 5.41) is 0. The first-order chi connectivity index (χ1) is 15.2. The minimum Gasteiger partial charge on any atom is -0.413 e. The Morgan fingerprint density at radius 1 is 0.935 bits per heavy atom. The molecule has 0 radical (unpaired) electrons. The Bertz CT molecular complexity index is 775. The molecule has 1 aliphatic rings. The first kappa shape index (κ1) is 23.2. The van der Waals surface area contributed by atoms with Gasteiger partial charge in [-0.2, -0.15) is 4.73 Å². The number of nitrogens with zero attached hydrogens (tertiary/aromatic N) is 2. The van der Waals surface area contributed by atoms with Crippen LogP contribution in [0.5, 0.6) is 0 Å². The molecule has 0 N–H and O–H groups in total. The molecule has 164 valence electrons. The topological polar surface area (TPSA) is 27.1 Å². The van der Waals surface area contributed by atoms with Gasteiger partial charge in [-0.15, -0.1) is 0 Å². The van der Waals surface area contributed by atoms with E-state index in [-0.39, 0.29) is 0 Å². The summed E-state index contributed by atoms with van der Waals surface area (Å²) in [5.74, 6) is 1.58. The number of benzene rings is 2. The Balaban J connectivity index is 0.000000196. The smallest absolute Gasteiger partial charge is 0.212 e. The number of rotatable bonds is 8. The Morgan fingerprint density at radius 2 is 1.55 bits per heavy atom. The number of hydrogen-bond acceptors (Lipinski definition) is 2. The van der Waals surface area contributed by atoms with E-state index in [1.165, 1.54) is 49.5 Å². The summed E-state index contributed by atoms with van der Waals surface area (Å²) in [6.45, 7) is 5.80. The minimum atomic E-state index is 0.586. The molecule has 4 rings (SSSR count). The van der Waals surface area contributed by atoms with Crippen LogP contribution in [0.3, 0.4) is 0 Å². The predicted molar refractivity (Wildman–Crippen MR) is 132 cm³/mol. The summed E-state index contributed by atoms with van der Waals surface area (Å²) in [6.07, 6.45) is 14.5. The van der Waals surface area contributed by atoms with Gasteiger partial charge in [-0.3, -0.25) is 0 Å². The van der Waals surface area contributed by atoms with Crippen molar-refractivity contribution in [3.63, 3.8) is 0 Å². The monoisotopic (exact) mass is 416 g/mol. The SMILES string of the molecule is CC(C)CCCOn1ccnc1.c1ccc(B(c2ccccc2)C2CCCCC2)cc1. The Hall–Kier alpha value is -2.49. The molecule has 0 atom stereocenters. The van der Waals surface area contributed by atoms with Gasteiger partial charge >= 0.3 is 0 Å². The molecule has 1 fully saturated rings. The van der Waals surface area contributed by atoms with E-state index in [1.807, 2.05) is 0 Å². The Labute approximate surface area is 188 Å². The lowest BCUT2D eigenvalue weighted by atomic mass is 9.32. The Morgan fingerprint density at radius 3 is 2.06 bits per heavy atom. The summed E-state index contributed by atoms with van der Waals surface area (Å²) in [4.78, 5) is 9.22. The number of hydrogen-bond donors (Lipinski definition) is 0. The maximum absolute atomic E-state index is 5.35. The van der Waals surface area contributed by atoms with E-state index in [9.17, 15) is 0 Å². The van der Waals surface area contributed by atoms with Crippen molar-refractivity contribution in [2.75, 3.05) is 6.61 Å². The van der Waals surface area contributed by atoms with Crippen molar-refractivity contribution < 1.29 is 4.84 Å². The van der Waals surface area contributed by atoms with Crippen LogP contribution in [0.15, 0.2) is 79.4 Å². The normalized spacial score (nSPS) is 14.0. The van der Waals surface area contributed by atoms with Crippen LogP contribution in [-0.2, 0) is 0 Å². The molecule has 0 spiro atoms. The van der Waals surface area contributed by atoms with Crippen LogP contribution >= 0.6 is 0 Å². The Kier molecular flexibility index (Phi) is 9.75. The van der Waals surface area contributed by atoms with Crippen LogP contribution in [0.1, 0.15) is 58.8 Å². The molecule has 1 saturated carbocycles. The van der Waals surface area contributed by atoms with Crippen molar-refractivity contribution >= 4 is 17.6 Å². The van der Waals surface area contributed by atoms with Crippen molar-refractivity contribution in [1.29, 1.82) is 0 Å². The molecule has 3 aromatic rings. The van der Waals surface area contributed by atoms with Gasteiger partial charge in [0.05, 0.1) is 6.20 Å². The van der Waals surface area contributed by atoms with Crippen molar-refractivity contribution in [3.05, 3.63) is 79.4 Å². The average Bonchev–Trinajstić information content (AvgIpc) is 3.33. The van der Waals surface area contributed by atoms with Gasteiger partial charge in [0.15, 0.2) is 0 Å². The maximum atomic E-state index is 5.35. The fourth-order valence-corrected chi connectivity index (χ4v) is 4.51. The van der Waals surface area contributed by atoms with Crippen LogP contribution in [-0.4, -0.2) is 23.0 Å². The van der Waals surface area contributed by atoms with Gasteiger partial charge in [0.25, 0.3) is 0 Å². The van der Waals surface area contributed by atoms with E-state index in [2.05, 4.69) is 79.5 Å². The summed E-state index contributed by atoms with van der Waals surface area (Å²) in [6, 6.07) is 22.1. The highest BCUT2D eigenvalue weighted by Crippen LogP contribution is 2.31. The minimum absolute atomic E-state index is 0.586. The zero-order valence-corrected chi connectivity index (χ0v) is 19.2. The summed E-state index contributed by atoms with van der Waals surface area (Å²) in [5.41, 5.74) is 2.97. The predicted octanol–water partition coefficient (Wildman–Crippen LogP) is 5.38. The molecular formula is C27H37BN2O. The highest BCUT2D eigenvalue weighted by molar-refractivity contribution is 6.86. The fraction of sp³-hybridized carbons (Fsp3) is 0.444. The third-order valence-corrected chi connectivity index (χ3v) is 6.08. The molecule has 0 aliphatic heterocycles. The third kappa shape index (κ3) is 7.93. The van der Waals surface area contributed by atoms with Gasteiger partial charge in [0.1, 0.15) is 12.9 Å². The third-order valence-electron chi connectivity index (χ3n) is 6.08. The van der Waals surface area contributed by atoms with E-state index >= 15 is 0 Å². The molecule has 0 saturated heterocycles. The zero-order valence-electron chi connectivity index (χ0n) is 19.2. The fourth-order valence-electron chi connectivity index (χ4n) is 4.51. The lowest BCUT2D eigenvalue weighted by Crippen LogP contribution is -2.46. The zero-order chi connectivity index (χ0) is 21.7. The molecule has 1 aromatic heterocycles. The lowest BCUT2D eigenvalue weighted by Gasteiger charge is -2.28. The average molecular weight is 416 g/mol. The van der Waals surface area contributed by atoms with E-state index in [4.69, 9.17) is 4.84 Å². The van der Waals surface area contributed by atoms with E-state index in [0.29, 0.717) is 6.71 Å². The first-order valence-corrected chi connectivity index (χ1v) is 11.9. The van der Waals surface area contributed by atoms with Gasteiger partial charge < -0.3 is 4.84 Å². The first-order valence-electron chi connectivity index (χ1n) is 11.9. The molecule has 0 amide bonds. The van der Waals surface area contributed by atoms with E-state index in [0.717, 1.165) is 24.8 Å². The van der Waals surface area contributed by atoms with Crippen molar-refractivity contribution in [2.24, 2.45) is 5.92 Å². The van der Waals surface area contributed by atoms with Crippen LogP contribution < -0.4 is 15.8 Å². The van der Waals surface area contributed by atoms with Gasteiger partial charge in [-0.25, -0.2) is 4.98 Å². The van der Waals surface area contributed by atoms with Crippen molar-refractivity contribution in [2.45, 2.75) is 64.6 Å². The van der Waals surface area contributed by atoms with Crippen LogP contribution in [0.25, 0.3) is 0 Å². The van der Waals surface area contributed by atoms with Gasteiger partial charge in [-0.1, -0.05) is 123 Å². The number of aromatic nitrogens is 2. The van der Waals surface area contributed by atoms with Crippen molar-refractivity contribution in [3.8, 4) is 0 Å². The van der Waals surface area contributed by atoms with E-state index in [1.54, 1.807) is 23.5 Å². The molecule has 3 nitrogen and oxygen atoms in total. The standard InChI is InChI=1S/C18H21B.C9H16N2O/c1-4-10-16(11-5-1)19(17-12-6-2-7-13-17)18-14-8-3-9-15-18;1-9(2)4-3-7-12-11-6-5-10-8-11/h1-2,4-7,10-13,18H,3,8-9,14-15H2;5-6,8-9H,3-4,7H2,1-2H3. The van der Waals surface area contributed by atoms with Gasteiger partial charge in [0, 0.05) is 6.20 Å². The molecule has 1 heterocycles. The van der Waals surface area contributed by atoms with Crippen LogP contribution in [0.2, 0.25) is 5.82 Å². The molecule has 4 heteroatoms. The molecule has 1 aliphatic carbocycles. The second-order valence-corrected chi connectivity index (χ2v) is 8.99. The van der Waals surface area contributed by atoms with Crippen LogP contribution in [0, 0.1) is 5.92 Å². The van der Waals surface area contributed by atoms with Gasteiger partial charge in [-0.05, 0) is 18.8 Å². The second kappa shape index (κ2) is 13.0. The molecular weight excluding hydrogens is 379 g/mol. The second-order valence-electron chi connectivity index (χ2n) is 8.99. The molecule has 0 unspecified atom stereocenters. The van der Waals surface area contributed by atoms with E-state index < -0.39 is 0 Å². The highest BCUT2D eigenvalue weighted by atomic mass is 16.7. The lowest BCUT2D eigenvalue weighted by molar-refractivity contribution is 0.104. The maximum Gasteiger partial charge on any atom is 0.212 e. The molecule has 0 bridgehead atoms.